The van der Waals surface area contributed by atoms with Gasteiger partial charge < -0.3 is 5.32 Å². The number of aromatic nitrogens is 4. The van der Waals surface area contributed by atoms with Crippen molar-refractivity contribution in [2.24, 2.45) is 0 Å². The van der Waals surface area contributed by atoms with Gasteiger partial charge >= 0.3 is 0 Å². The molecule has 1 amide bonds. The highest BCUT2D eigenvalue weighted by Crippen LogP contribution is 2.12. The molecule has 90 valence electrons. The van der Waals surface area contributed by atoms with Crippen molar-refractivity contribution in [1.82, 2.24) is 20.4 Å². The number of nitrogens with one attached hydrogen (secondary N) is 3. The van der Waals surface area contributed by atoms with E-state index >= 15 is 0 Å². The van der Waals surface area contributed by atoms with Crippen LogP contribution in [0.3, 0.4) is 0 Å². The second kappa shape index (κ2) is 4.40. The quantitative estimate of drug-likeness (QED) is 0.745. The fourth-order valence-corrected chi connectivity index (χ4v) is 1.65. The summed E-state index contributed by atoms with van der Waals surface area (Å²) in [6, 6.07) is 0. The zero-order valence-corrected chi connectivity index (χ0v) is 10.1. The fraction of sp³-hybridized carbons (Fsp3) is 0.364. The Morgan fingerprint density at radius 3 is 2.65 bits per heavy atom. The lowest BCUT2D eigenvalue weighted by Gasteiger charge is -2.04. The third-order valence-corrected chi connectivity index (χ3v) is 2.71. The molecular formula is C11H15N5O. The van der Waals surface area contributed by atoms with Crippen molar-refractivity contribution in [3.8, 4) is 0 Å². The van der Waals surface area contributed by atoms with Crippen molar-refractivity contribution >= 4 is 11.7 Å². The highest BCUT2D eigenvalue weighted by atomic mass is 16.1. The molecule has 0 unspecified atom stereocenters. The molecule has 2 aromatic heterocycles. The number of hydrogen-bond donors (Lipinski definition) is 3. The van der Waals surface area contributed by atoms with E-state index in [0.29, 0.717) is 12.2 Å². The number of carbonyl (C=O) groups is 1. The third-order valence-electron chi connectivity index (χ3n) is 2.71. The highest BCUT2D eigenvalue weighted by molar-refractivity contribution is 5.92. The van der Waals surface area contributed by atoms with Gasteiger partial charge in [-0.2, -0.15) is 10.2 Å². The summed E-state index contributed by atoms with van der Waals surface area (Å²) in [5.74, 6) is 0.568. The lowest BCUT2D eigenvalue weighted by molar-refractivity contribution is -0.115. The minimum atomic E-state index is -0.0787. The van der Waals surface area contributed by atoms with Crippen LogP contribution in [-0.4, -0.2) is 26.3 Å². The molecule has 0 aliphatic rings. The van der Waals surface area contributed by atoms with Crippen molar-refractivity contribution in [1.29, 1.82) is 0 Å². The summed E-state index contributed by atoms with van der Waals surface area (Å²) < 4.78 is 0. The van der Waals surface area contributed by atoms with Gasteiger partial charge in [0.2, 0.25) is 5.91 Å². The summed E-state index contributed by atoms with van der Waals surface area (Å²) in [6.45, 7) is 5.67. The summed E-state index contributed by atoms with van der Waals surface area (Å²) in [7, 11) is 0. The molecule has 0 aliphatic carbocycles. The third kappa shape index (κ3) is 2.35. The molecule has 17 heavy (non-hydrogen) atoms. The SMILES string of the molecule is Cc1cn[nH]c1NC(=O)Cc1c(C)n[nH]c1C. The van der Waals surface area contributed by atoms with Gasteiger partial charge in [-0.15, -0.1) is 0 Å². The van der Waals surface area contributed by atoms with E-state index < -0.39 is 0 Å². The molecule has 0 fully saturated rings. The molecule has 0 aromatic carbocycles. The molecule has 6 heteroatoms. The largest absolute Gasteiger partial charge is 0.311 e. The Morgan fingerprint density at radius 2 is 2.12 bits per heavy atom. The number of rotatable bonds is 3. The molecule has 6 nitrogen and oxygen atoms in total. The van der Waals surface area contributed by atoms with Crippen LogP contribution in [0.4, 0.5) is 5.82 Å². The van der Waals surface area contributed by atoms with Gasteiger partial charge in [0.15, 0.2) is 0 Å². The Balaban J connectivity index is 2.06. The van der Waals surface area contributed by atoms with E-state index in [1.165, 1.54) is 0 Å². The van der Waals surface area contributed by atoms with E-state index in [2.05, 4.69) is 25.7 Å². The van der Waals surface area contributed by atoms with Crippen LogP contribution in [-0.2, 0) is 11.2 Å². The van der Waals surface area contributed by atoms with Crippen molar-refractivity contribution < 1.29 is 4.79 Å². The van der Waals surface area contributed by atoms with Gasteiger partial charge in [0, 0.05) is 16.8 Å². The smallest absolute Gasteiger partial charge is 0.230 e. The van der Waals surface area contributed by atoms with Gasteiger partial charge in [-0.05, 0) is 20.8 Å². The predicted molar refractivity (Wildman–Crippen MR) is 63.7 cm³/mol. The fourth-order valence-electron chi connectivity index (χ4n) is 1.65. The number of aryl methyl sites for hydroxylation is 3. The number of amides is 1. The van der Waals surface area contributed by atoms with Gasteiger partial charge in [-0.1, -0.05) is 0 Å². The van der Waals surface area contributed by atoms with Crippen LogP contribution in [0.25, 0.3) is 0 Å². The summed E-state index contributed by atoms with van der Waals surface area (Å²) in [4.78, 5) is 11.8. The number of aromatic amines is 2. The number of H-pyrrole nitrogens is 2. The van der Waals surface area contributed by atoms with E-state index in [-0.39, 0.29) is 5.91 Å². The first-order chi connectivity index (χ1) is 8.08. The Morgan fingerprint density at radius 1 is 1.35 bits per heavy atom. The summed E-state index contributed by atoms with van der Waals surface area (Å²) >= 11 is 0. The number of anilines is 1. The molecule has 0 radical (unpaired) electrons. The Labute approximate surface area is 98.8 Å². The maximum absolute atomic E-state index is 11.8. The molecule has 2 aromatic rings. The molecule has 2 rings (SSSR count). The van der Waals surface area contributed by atoms with E-state index in [4.69, 9.17) is 0 Å². The monoisotopic (exact) mass is 233 g/mol. The molecular weight excluding hydrogens is 218 g/mol. The zero-order chi connectivity index (χ0) is 12.4. The van der Waals surface area contributed by atoms with Gasteiger partial charge in [0.05, 0.1) is 18.3 Å². The van der Waals surface area contributed by atoms with Crippen molar-refractivity contribution in [3.63, 3.8) is 0 Å². The minimum Gasteiger partial charge on any atom is -0.311 e. The van der Waals surface area contributed by atoms with Gasteiger partial charge in [0.25, 0.3) is 0 Å². The average molecular weight is 233 g/mol. The summed E-state index contributed by atoms with van der Waals surface area (Å²) in [6.07, 6.45) is 1.98. The summed E-state index contributed by atoms with van der Waals surface area (Å²) in [5.41, 5.74) is 3.65. The van der Waals surface area contributed by atoms with Crippen LogP contribution in [0.2, 0.25) is 0 Å². The lowest BCUT2D eigenvalue weighted by Crippen LogP contribution is -2.16. The minimum absolute atomic E-state index is 0.0787. The van der Waals surface area contributed by atoms with Crippen molar-refractivity contribution in [2.75, 3.05) is 5.32 Å². The Hall–Kier alpha value is -2.11. The first kappa shape index (κ1) is 11.4. The molecule has 0 saturated heterocycles. The number of hydrogen-bond acceptors (Lipinski definition) is 3. The summed E-state index contributed by atoms with van der Waals surface area (Å²) in [5, 5.41) is 16.3. The van der Waals surface area contributed by atoms with Crippen LogP contribution in [0, 0.1) is 20.8 Å². The van der Waals surface area contributed by atoms with Crippen molar-refractivity contribution in [2.45, 2.75) is 27.2 Å². The van der Waals surface area contributed by atoms with Crippen LogP contribution in [0.1, 0.15) is 22.5 Å². The number of nitrogens with zero attached hydrogens (tertiary/aromatic N) is 2. The average Bonchev–Trinajstić information content (AvgIpc) is 2.80. The highest BCUT2D eigenvalue weighted by Gasteiger charge is 2.12. The molecule has 0 aliphatic heterocycles. The lowest BCUT2D eigenvalue weighted by atomic mass is 10.1. The van der Waals surface area contributed by atoms with Crippen molar-refractivity contribution in [3.05, 3.63) is 28.7 Å². The van der Waals surface area contributed by atoms with E-state index in [1.807, 2.05) is 20.8 Å². The Bertz CT molecular complexity index is 520. The van der Waals surface area contributed by atoms with Gasteiger partial charge in [0.1, 0.15) is 5.82 Å². The van der Waals surface area contributed by atoms with Crippen LogP contribution < -0.4 is 5.32 Å². The standard InChI is InChI=1S/C11H15N5O/c1-6-5-12-16-11(6)13-10(17)4-9-7(2)14-15-8(9)3/h5H,4H2,1-3H3,(H,14,15)(H2,12,13,16,17). The van der Waals surface area contributed by atoms with E-state index in [0.717, 1.165) is 22.5 Å². The predicted octanol–water partition coefficient (Wildman–Crippen LogP) is 1.24. The van der Waals surface area contributed by atoms with E-state index in [1.54, 1.807) is 6.20 Å². The topological polar surface area (TPSA) is 86.5 Å². The first-order valence-electron chi connectivity index (χ1n) is 5.38. The van der Waals surface area contributed by atoms with E-state index in [9.17, 15) is 4.79 Å². The van der Waals surface area contributed by atoms with Crippen LogP contribution in [0.15, 0.2) is 6.20 Å². The second-order valence-corrected chi connectivity index (χ2v) is 4.07. The zero-order valence-electron chi connectivity index (χ0n) is 10.1. The molecule has 0 bridgehead atoms. The maximum Gasteiger partial charge on any atom is 0.230 e. The molecule has 2 heterocycles. The molecule has 0 atom stereocenters. The maximum atomic E-state index is 11.8. The number of carbonyl (C=O) groups excluding carboxylic acids is 1. The van der Waals surface area contributed by atoms with Gasteiger partial charge in [-0.25, -0.2) is 0 Å². The second-order valence-electron chi connectivity index (χ2n) is 4.07. The van der Waals surface area contributed by atoms with Gasteiger partial charge in [-0.3, -0.25) is 15.0 Å². The van der Waals surface area contributed by atoms with Crippen LogP contribution >= 0.6 is 0 Å². The first-order valence-corrected chi connectivity index (χ1v) is 5.38. The Kier molecular flexibility index (Phi) is 2.95. The van der Waals surface area contributed by atoms with Crippen LogP contribution in [0.5, 0.6) is 0 Å². The molecule has 0 saturated carbocycles. The normalized spacial score (nSPS) is 10.5. The molecule has 3 N–H and O–H groups in total. The molecule has 0 spiro atoms.